The molecule has 0 spiro atoms. The van der Waals surface area contributed by atoms with Crippen LogP contribution in [0.25, 0.3) is 0 Å². The third-order valence-electron chi connectivity index (χ3n) is 2.32. The van der Waals surface area contributed by atoms with Crippen molar-refractivity contribution in [3.05, 3.63) is 28.4 Å². The molecule has 1 aromatic rings. The Morgan fingerprint density at radius 1 is 1.65 bits per heavy atom. The fraction of sp³-hybridized carbons (Fsp3) is 0.455. The van der Waals surface area contributed by atoms with Crippen LogP contribution >= 0.6 is 0 Å². The lowest BCUT2D eigenvalue weighted by atomic mass is 10.2. The molecule has 0 aliphatic rings. The van der Waals surface area contributed by atoms with Gasteiger partial charge in [-0.05, 0) is 13.8 Å². The first-order valence-corrected chi connectivity index (χ1v) is 5.30. The van der Waals surface area contributed by atoms with E-state index in [2.05, 4.69) is 11.1 Å². The SMILES string of the molecule is CC(C)N(CCC#N)c1cc([N+](=O)[O-])ccn1. The van der Waals surface area contributed by atoms with Crippen molar-refractivity contribution >= 4 is 11.5 Å². The van der Waals surface area contributed by atoms with E-state index in [0.29, 0.717) is 18.8 Å². The third-order valence-corrected chi connectivity index (χ3v) is 2.32. The highest BCUT2D eigenvalue weighted by Crippen LogP contribution is 2.20. The molecule has 1 aromatic heterocycles. The van der Waals surface area contributed by atoms with Gasteiger partial charge in [-0.1, -0.05) is 0 Å². The fourth-order valence-electron chi connectivity index (χ4n) is 1.49. The second-order valence-electron chi connectivity index (χ2n) is 3.82. The Balaban J connectivity index is 2.98. The van der Waals surface area contributed by atoms with E-state index < -0.39 is 4.92 Å². The van der Waals surface area contributed by atoms with Gasteiger partial charge in [-0.25, -0.2) is 4.98 Å². The maximum atomic E-state index is 10.7. The van der Waals surface area contributed by atoms with Gasteiger partial charge in [-0.2, -0.15) is 5.26 Å². The molecule has 0 fully saturated rings. The van der Waals surface area contributed by atoms with Gasteiger partial charge in [0.2, 0.25) is 0 Å². The van der Waals surface area contributed by atoms with E-state index in [1.54, 1.807) is 0 Å². The zero-order valence-electron chi connectivity index (χ0n) is 9.83. The highest BCUT2D eigenvalue weighted by atomic mass is 16.6. The number of nitrogens with zero attached hydrogens (tertiary/aromatic N) is 4. The molecule has 17 heavy (non-hydrogen) atoms. The van der Waals surface area contributed by atoms with Crippen LogP contribution in [-0.2, 0) is 0 Å². The quantitative estimate of drug-likeness (QED) is 0.575. The predicted octanol–water partition coefficient (Wildman–Crippen LogP) is 2.12. The molecule has 0 radical (unpaired) electrons. The van der Waals surface area contributed by atoms with E-state index in [-0.39, 0.29) is 11.7 Å². The van der Waals surface area contributed by atoms with Crippen LogP contribution in [0.3, 0.4) is 0 Å². The summed E-state index contributed by atoms with van der Waals surface area (Å²) in [5, 5.41) is 19.2. The number of hydrogen-bond donors (Lipinski definition) is 0. The Morgan fingerprint density at radius 3 is 2.88 bits per heavy atom. The third kappa shape index (κ3) is 3.41. The van der Waals surface area contributed by atoms with E-state index in [1.807, 2.05) is 18.7 Å². The largest absolute Gasteiger partial charge is 0.353 e. The number of rotatable bonds is 5. The summed E-state index contributed by atoms with van der Waals surface area (Å²) >= 11 is 0. The van der Waals surface area contributed by atoms with Crippen LogP contribution in [0, 0.1) is 21.4 Å². The number of nitro groups is 1. The Hall–Kier alpha value is -2.16. The summed E-state index contributed by atoms with van der Waals surface area (Å²) in [6.45, 7) is 4.43. The Labute approximate surface area is 99.6 Å². The van der Waals surface area contributed by atoms with Gasteiger partial charge < -0.3 is 4.90 Å². The smallest absolute Gasteiger partial charge is 0.274 e. The van der Waals surface area contributed by atoms with E-state index >= 15 is 0 Å². The summed E-state index contributed by atoms with van der Waals surface area (Å²) in [7, 11) is 0. The van der Waals surface area contributed by atoms with E-state index in [0.717, 1.165) is 0 Å². The van der Waals surface area contributed by atoms with Crippen molar-refractivity contribution in [2.45, 2.75) is 26.3 Å². The fourth-order valence-corrected chi connectivity index (χ4v) is 1.49. The number of pyridine rings is 1. The summed E-state index contributed by atoms with van der Waals surface area (Å²) in [5.41, 5.74) is 0.0117. The highest BCUT2D eigenvalue weighted by Gasteiger charge is 2.15. The molecule has 6 nitrogen and oxygen atoms in total. The van der Waals surface area contributed by atoms with Crippen molar-refractivity contribution in [1.29, 1.82) is 5.26 Å². The van der Waals surface area contributed by atoms with Gasteiger partial charge in [-0.3, -0.25) is 10.1 Å². The van der Waals surface area contributed by atoms with Crippen LogP contribution < -0.4 is 4.90 Å². The standard InChI is InChI=1S/C11H14N4O2/c1-9(2)14(7-3-5-12)11-8-10(15(16)17)4-6-13-11/h4,6,8-9H,3,7H2,1-2H3. The molecule has 1 heterocycles. The molecule has 0 bridgehead atoms. The number of hydrogen-bond acceptors (Lipinski definition) is 5. The molecule has 0 N–H and O–H groups in total. The Kier molecular flexibility index (Phi) is 4.40. The van der Waals surface area contributed by atoms with Gasteiger partial charge in [0.1, 0.15) is 5.82 Å². The van der Waals surface area contributed by atoms with Gasteiger partial charge in [0.25, 0.3) is 5.69 Å². The lowest BCUT2D eigenvalue weighted by Gasteiger charge is -2.26. The summed E-state index contributed by atoms with van der Waals surface area (Å²) in [6, 6.07) is 4.98. The first kappa shape index (κ1) is 12.9. The summed E-state index contributed by atoms with van der Waals surface area (Å²) in [4.78, 5) is 16.2. The lowest BCUT2D eigenvalue weighted by molar-refractivity contribution is -0.384. The maximum Gasteiger partial charge on any atom is 0.274 e. The highest BCUT2D eigenvalue weighted by molar-refractivity contribution is 5.47. The molecular weight excluding hydrogens is 220 g/mol. The Morgan fingerprint density at radius 2 is 2.35 bits per heavy atom. The molecule has 0 aliphatic heterocycles. The average Bonchev–Trinajstić information content (AvgIpc) is 2.29. The van der Waals surface area contributed by atoms with Crippen molar-refractivity contribution in [1.82, 2.24) is 4.98 Å². The summed E-state index contributed by atoms with van der Waals surface area (Å²) in [5.74, 6) is 0.532. The summed E-state index contributed by atoms with van der Waals surface area (Å²) < 4.78 is 0. The van der Waals surface area contributed by atoms with E-state index in [1.165, 1.54) is 18.3 Å². The molecule has 0 amide bonds. The van der Waals surface area contributed by atoms with E-state index in [4.69, 9.17) is 5.26 Å². The second-order valence-corrected chi connectivity index (χ2v) is 3.82. The molecule has 90 valence electrons. The van der Waals surface area contributed by atoms with Gasteiger partial charge in [-0.15, -0.1) is 0 Å². The number of aromatic nitrogens is 1. The van der Waals surface area contributed by atoms with Crippen LogP contribution in [0.5, 0.6) is 0 Å². The maximum absolute atomic E-state index is 10.7. The molecule has 6 heteroatoms. The lowest BCUT2D eigenvalue weighted by Crippen LogP contribution is -2.32. The van der Waals surface area contributed by atoms with Gasteiger partial charge in [0, 0.05) is 24.8 Å². The molecule has 1 rings (SSSR count). The van der Waals surface area contributed by atoms with Gasteiger partial charge >= 0.3 is 0 Å². The number of anilines is 1. The van der Waals surface area contributed by atoms with Crippen molar-refractivity contribution in [3.8, 4) is 6.07 Å². The molecule has 0 saturated heterocycles. The van der Waals surface area contributed by atoms with Crippen LogP contribution in [0.1, 0.15) is 20.3 Å². The predicted molar refractivity (Wildman–Crippen MR) is 63.6 cm³/mol. The van der Waals surface area contributed by atoms with Crippen LogP contribution in [0.4, 0.5) is 11.5 Å². The first-order chi connectivity index (χ1) is 8.06. The van der Waals surface area contributed by atoms with Crippen LogP contribution in [0.15, 0.2) is 18.3 Å². The normalized spacial score (nSPS) is 10.0. The number of nitriles is 1. The molecule has 0 aromatic carbocycles. The van der Waals surface area contributed by atoms with Crippen molar-refractivity contribution in [3.63, 3.8) is 0 Å². The van der Waals surface area contributed by atoms with Crippen molar-refractivity contribution in [2.24, 2.45) is 0 Å². The minimum absolute atomic E-state index is 0.0117. The molecule has 0 atom stereocenters. The van der Waals surface area contributed by atoms with Gasteiger partial charge in [0.15, 0.2) is 0 Å². The van der Waals surface area contributed by atoms with Crippen LogP contribution in [-0.4, -0.2) is 22.5 Å². The van der Waals surface area contributed by atoms with Crippen LogP contribution in [0.2, 0.25) is 0 Å². The Bertz CT molecular complexity index is 439. The second kappa shape index (κ2) is 5.80. The minimum Gasteiger partial charge on any atom is -0.353 e. The van der Waals surface area contributed by atoms with Crippen molar-refractivity contribution in [2.75, 3.05) is 11.4 Å². The van der Waals surface area contributed by atoms with Gasteiger partial charge in [0.05, 0.1) is 23.5 Å². The monoisotopic (exact) mass is 234 g/mol. The van der Waals surface area contributed by atoms with E-state index in [9.17, 15) is 10.1 Å². The minimum atomic E-state index is -0.450. The first-order valence-electron chi connectivity index (χ1n) is 5.30. The topological polar surface area (TPSA) is 83.1 Å². The molecule has 0 aliphatic carbocycles. The molecule has 0 unspecified atom stereocenters. The zero-order chi connectivity index (χ0) is 12.8. The average molecular weight is 234 g/mol. The van der Waals surface area contributed by atoms with Crippen molar-refractivity contribution < 1.29 is 4.92 Å². The summed E-state index contributed by atoms with van der Waals surface area (Å²) in [6.07, 6.45) is 1.78. The zero-order valence-corrected chi connectivity index (χ0v) is 9.83. The molecule has 0 saturated carbocycles. The molecular formula is C11H14N4O2.